The molecule has 3 aromatic rings. The van der Waals surface area contributed by atoms with Crippen LogP contribution in [-0.4, -0.2) is 56.0 Å². The van der Waals surface area contributed by atoms with Crippen molar-refractivity contribution in [2.45, 2.75) is 64.5 Å². The largest absolute Gasteiger partial charge is 0.342 e. The maximum atomic E-state index is 13.2. The van der Waals surface area contributed by atoms with E-state index in [0.29, 0.717) is 24.2 Å². The molecule has 0 unspecified atom stereocenters. The van der Waals surface area contributed by atoms with E-state index < -0.39 is 0 Å². The molecule has 2 aliphatic rings. The van der Waals surface area contributed by atoms with E-state index in [1.54, 1.807) is 4.52 Å². The van der Waals surface area contributed by atoms with Gasteiger partial charge in [-0.1, -0.05) is 30.3 Å². The van der Waals surface area contributed by atoms with E-state index in [2.05, 4.69) is 23.8 Å². The Balaban J connectivity index is 1.31. The quantitative estimate of drug-likeness (QED) is 0.666. The second-order valence-electron chi connectivity index (χ2n) is 9.79. The van der Waals surface area contributed by atoms with Crippen LogP contribution >= 0.6 is 0 Å². The molecule has 5 rings (SSSR count). The number of aromatic nitrogens is 3. The van der Waals surface area contributed by atoms with Gasteiger partial charge in [0.1, 0.15) is 0 Å². The van der Waals surface area contributed by atoms with E-state index >= 15 is 0 Å². The van der Waals surface area contributed by atoms with Crippen molar-refractivity contribution < 1.29 is 4.79 Å². The first kappa shape index (κ1) is 21.9. The highest BCUT2D eigenvalue weighted by molar-refractivity contribution is 5.83. The van der Waals surface area contributed by atoms with E-state index in [1.807, 2.05) is 48.2 Å². The van der Waals surface area contributed by atoms with Crippen LogP contribution in [-0.2, 0) is 17.8 Å². The van der Waals surface area contributed by atoms with Gasteiger partial charge in [0.2, 0.25) is 5.91 Å². The number of amides is 1. The van der Waals surface area contributed by atoms with Crippen molar-refractivity contribution in [3.63, 3.8) is 0 Å². The van der Waals surface area contributed by atoms with Crippen LogP contribution in [0.1, 0.15) is 68.0 Å². The number of carbonyl (C=O) groups is 1. The molecule has 1 atom stereocenters. The van der Waals surface area contributed by atoms with Crippen molar-refractivity contribution in [2.75, 3.05) is 19.6 Å². The molecule has 0 bridgehead atoms. The molecule has 2 aromatic heterocycles. The van der Waals surface area contributed by atoms with Crippen LogP contribution in [0.3, 0.4) is 0 Å². The lowest BCUT2D eigenvalue weighted by Gasteiger charge is -2.33. The number of carbonyl (C=O) groups excluding carboxylic acids is 1. The maximum Gasteiger partial charge on any atom is 0.277 e. The number of fused-ring (bicyclic) bond motifs is 2. The lowest BCUT2D eigenvalue weighted by Crippen LogP contribution is -2.40. The van der Waals surface area contributed by atoms with Crippen molar-refractivity contribution in [3.05, 3.63) is 69.3 Å². The fraction of sp³-hybridized carbons (Fsp3) is 0.500. The molecule has 0 spiro atoms. The molecule has 1 saturated heterocycles. The van der Waals surface area contributed by atoms with Crippen LogP contribution < -0.4 is 5.56 Å². The molecule has 0 aliphatic carbocycles. The Morgan fingerprint density at radius 3 is 2.52 bits per heavy atom. The summed E-state index contributed by atoms with van der Waals surface area (Å²) in [5.74, 6) is 0.360. The Labute approximate surface area is 194 Å². The third-order valence-electron chi connectivity index (χ3n) is 7.46. The average Bonchev–Trinajstić information content (AvgIpc) is 3.28. The minimum atomic E-state index is -0.129. The highest BCUT2D eigenvalue weighted by Crippen LogP contribution is 2.29. The predicted octanol–water partition coefficient (Wildman–Crippen LogP) is 3.30. The van der Waals surface area contributed by atoms with Crippen molar-refractivity contribution >= 4 is 11.6 Å². The third-order valence-corrected chi connectivity index (χ3v) is 7.46. The molecule has 4 heterocycles. The van der Waals surface area contributed by atoms with Crippen molar-refractivity contribution in [1.29, 1.82) is 0 Å². The molecule has 2 aliphatic heterocycles. The second kappa shape index (κ2) is 8.78. The molecule has 0 radical (unpaired) electrons. The van der Waals surface area contributed by atoms with Crippen molar-refractivity contribution in [2.24, 2.45) is 0 Å². The number of rotatable bonds is 4. The zero-order valence-electron chi connectivity index (χ0n) is 19.8. The number of benzene rings is 1. The summed E-state index contributed by atoms with van der Waals surface area (Å²) in [5.41, 5.74) is 4.60. The minimum Gasteiger partial charge on any atom is -0.342 e. The molecule has 174 valence electrons. The zero-order chi connectivity index (χ0) is 23.1. The van der Waals surface area contributed by atoms with Crippen LogP contribution in [0.15, 0.2) is 41.2 Å². The number of likely N-dealkylation sites (tertiary alicyclic amines) is 1. The summed E-state index contributed by atoms with van der Waals surface area (Å²) in [7, 11) is 0. The second-order valence-corrected chi connectivity index (χ2v) is 9.79. The van der Waals surface area contributed by atoms with Crippen LogP contribution in [0.4, 0.5) is 0 Å². The smallest absolute Gasteiger partial charge is 0.277 e. The van der Waals surface area contributed by atoms with E-state index in [4.69, 9.17) is 4.98 Å². The molecular formula is C26H33N5O2. The summed E-state index contributed by atoms with van der Waals surface area (Å²) in [4.78, 5) is 35.3. The highest BCUT2D eigenvalue weighted by atomic mass is 16.2. The molecular weight excluding hydrogens is 414 g/mol. The van der Waals surface area contributed by atoms with Gasteiger partial charge in [-0.15, -0.1) is 0 Å². The van der Waals surface area contributed by atoms with Gasteiger partial charge >= 0.3 is 0 Å². The Hall–Kier alpha value is -2.93. The molecule has 0 saturated carbocycles. The molecule has 1 fully saturated rings. The van der Waals surface area contributed by atoms with E-state index in [-0.39, 0.29) is 17.4 Å². The summed E-state index contributed by atoms with van der Waals surface area (Å²) in [6.45, 7) is 9.39. The molecule has 7 nitrogen and oxygen atoms in total. The number of hydrogen-bond donors (Lipinski definition) is 1. The molecule has 1 aromatic carbocycles. The van der Waals surface area contributed by atoms with Gasteiger partial charge in [-0.05, 0) is 39.2 Å². The fourth-order valence-electron chi connectivity index (χ4n) is 5.24. The highest BCUT2D eigenvalue weighted by Gasteiger charge is 2.29. The lowest BCUT2D eigenvalue weighted by molar-refractivity contribution is -0.133. The first-order valence-corrected chi connectivity index (χ1v) is 12.1. The number of piperidine rings is 1. The first-order valence-electron chi connectivity index (χ1n) is 12.1. The topological polar surface area (TPSA) is 73.7 Å². The number of aromatic amines is 1. The van der Waals surface area contributed by atoms with Crippen molar-refractivity contribution in [3.8, 4) is 0 Å². The van der Waals surface area contributed by atoms with Crippen molar-refractivity contribution in [1.82, 2.24) is 24.4 Å². The maximum absolute atomic E-state index is 13.2. The van der Waals surface area contributed by atoms with Gasteiger partial charge in [-0.3, -0.25) is 19.6 Å². The Kier molecular flexibility index (Phi) is 5.83. The zero-order valence-corrected chi connectivity index (χ0v) is 19.8. The lowest BCUT2D eigenvalue weighted by atomic mass is 9.92. The number of hydrogen-bond acceptors (Lipinski definition) is 4. The van der Waals surface area contributed by atoms with E-state index in [9.17, 15) is 9.59 Å². The van der Waals surface area contributed by atoms with Crippen LogP contribution in [0.25, 0.3) is 5.65 Å². The summed E-state index contributed by atoms with van der Waals surface area (Å²) in [5, 5.41) is 3.34. The van der Waals surface area contributed by atoms with Gasteiger partial charge in [-0.25, -0.2) is 9.50 Å². The summed E-state index contributed by atoms with van der Waals surface area (Å²) < 4.78 is 1.62. The van der Waals surface area contributed by atoms with Gasteiger partial charge in [0.05, 0.1) is 17.2 Å². The predicted molar refractivity (Wildman–Crippen MR) is 128 cm³/mol. The van der Waals surface area contributed by atoms with Gasteiger partial charge in [-0.2, -0.15) is 0 Å². The molecule has 7 heteroatoms. The Morgan fingerprint density at radius 2 is 1.82 bits per heavy atom. The third kappa shape index (κ3) is 4.10. The standard InChI is InChI=1S/C26H33N5O2/c1-17(2)30-14-11-22-21(16-30)26(33)31-24(27-22)15-23(28-31)20-9-12-29(13-10-20)25(32)18(3)19-7-5-4-6-8-19/h4-8,15,17-18,20,28H,9-14,16H2,1-3H3/t18-/m0/s1. The van der Waals surface area contributed by atoms with Crippen LogP contribution in [0.2, 0.25) is 0 Å². The SMILES string of the molecule is CC(C)N1CCc2nc3cc(C4CCN(C(=O)[C@@H](C)c5ccccc5)CC4)[nH]n3c(=O)c2C1. The summed E-state index contributed by atoms with van der Waals surface area (Å²) in [6, 6.07) is 12.4. The average molecular weight is 448 g/mol. The molecule has 1 N–H and O–H groups in total. The van der Waals surface area contributed by atoms with Crippen LogP contribution in [0, 0.1) is 0 Å². The molecule has 1 amide bonds. The van der Waals surface area contributed by atoms with E-state index in [1.165, 1.54) is 0 Å². The van der Waals surface area contributed by atoms with Gasteiger partial charge in [0.15, 0.2) is 5.65 Å². The monoisotopic (exact) mass is 447 g/mol. The fourth-order valence-corrected chi connectivity index (χ4v) is 5.24. The summed E-state index contributed by atoms with van der Waals surface area (Å²) in [6.07, 6.45) is 2.59. The summed E-state index contributed by atoms with van der Waals surface area (Å²) >= 11 is 0. The van der Waals surface area contributed by atoms with Gasteiger partial charge in [0, 0.05) is 56.3 Å². The molecule has 33 heavy (non-hydrogen) atoms. The van der Waals surface area contributed by atoms with Crippen LogP contribution in [0.5, 0.6) is 0 Å². The number of H-pyrrole nitrogens is 1. The van der Waals surface area contributed by atoms with Gasteiger partial charge in [0.25, 0.3) is 5.56 Å². The normalized spacial score (nSPS) is 18.6. The Bertz CT molecular complexity index is 1200. The van der Waals surface area contributed by atoms with Gasteiger partial charge < -0.3 is 4.90 Å². The first-order chi connectivity index (χ1) is 15.9. The van der Waals surface area contributed by atoms with E-state index in [0.717, 1.165) is 61.4 Å². The Morgan fingerprint density at radius 1 is 1.09 bits per heavy atom. The number of nitrogens with zero attached hydrogens (tertiary/aromatic N) is 4. The minimum absolute atomic E-state index is 0.0240. The number of nitrogens with one attached hydrogen (secondary N) is 1.